The normalized spacial score (nSPS) is 10.7. The fraction of sp³-hybridized carbons (Fsp3) is 0.0833. The zero-order valence-corrected chi connectivity index (χ0v) is 17.5. The summed E-state index contributed by atoms with van der Waals surface area (Å²) in [5.74, 6) is -0.411. The number of nitrogens with one attached hydrogen (secondary N) is 1. The van der Waals surface area contributed by atoms with Crippen molar-refractivity contribution in [3.8, 4) is 45.8 Å². The van der Waals surface area contributed by atoms with E-state index in [1.165, 1.54) is 24.3 Å². The highest BCUT2D eigenvalue weighted by atomic mass is 16.3. The second kappa shape index (κ2) is 8.83. The summed E-state index contributed by atoms with van der Waals surface area (Å²) in [7, 11) is 0. The smallest absolute Gasteiger partial charge is 0.231 e. The van der Waals surface area contributed by atoms with Crippen molar-refractivity contribution in [1.29, 1.82) is 0 Å². The standard InChI is InChI=1S/C24H20N4O5/c1-2-19(31)13-3-5-14(6-4-13)25-24-27-22(17-9-7-15(29)11-20(17)32)26-23(28-24)18-10-8-16(30)12-21(18)33/h3-12,29-30,32-33H,2H2,1H3,(H,25,26,27,28). The summed E-state index contributed by atoms with van der Waals surface area (Å²) in [5, 5.41) is 42.8. The number of aromatic nitrogens is 3. The molecular formula is C24H20N4O5. The van der Waals surface area contributed by atoms with E-state index in [4.69, 9.17) is 0 Å². The SMILES string of the molecule is CCC(=O)c1ccc(Nc2nc(-c3ccc(O)cc3O)nc(-c3ccc(O)cc3O)n2)cc1. The molecule has 0 amide bonds. The first kappa shape index (κ1) is 21.6. The van der Waals surface area contributed by atoms with Gasteiger partial charge < -0.3 is 25.7 Å². The summed E-state index contributed by atoms with van der Waals surface area (Å²) in [5.41, 5.74) is 1.67. The second-order valence-electron chi connectivity index (χ2n) is 7.19. The maximum absolute atomic E-state index is 11.9. The maximum atomic E-state index is 11.9. The van der Waals surface area contributed by atoms with Gasteiger partial charge in [-0.3, -0.25) is 4.79 Å². The van der Waals surface area contributed by atoms with Crippen LogP contribution in [0.5, 0.6) is 23.0 Å². The quantitative estimate of drug-likeness (QED) is 0.273. The predicted molar refractivity (Wildman–Crippen MR) is 122 cm³/mol. The first-order chi connectivity index (χ1) is 15.8. The number of Topliss-reactive ketones (excluding diaryl/α,β-unsaturated/α-hetero) is 1. The Bertz CT molecular complexity index is 1270. The zero-order valence-electron chi connectivity index (χ0n) is 17.5. The molecular weight excluding hydrogens is 424 g/mol. The Morgan fingerprint density at radius 1 is 0.758 bits per heavy atom. The molecule has 0 aliphatic rings. The molecule has 9 nitrogen and oxygen atoms in total. The minimum atomic E-state index is -0.240. The van der Waals surface area contributed by atoms with Crippen LogP contribution in [-0.2, 0) is 0 Å². The number of aromatic hydroxyl groups is 4. The van der Waals surface area contributed by atoms with Gasteiger partial charge in [0.15, 0.2) is 17.4 Å². The van der Waals surface area contributed by atoms with Gasteiger partial charge in [0, 0.05) is 29.8 Å². The average molecular weight is 444 g/mol. The summed E-state index contributed by atoms with van der Waals surface area (Å²) in [6.45, 7) is 1.79. The molecule has 3 aromatic carbocycles. The van der Waals surface area contributed by atoms with Crippen LogP contribution in [0.15, 0.2) is 60.7 Å². The number of phenols is 4. The predicted octanol–water partition coefficient (Wildman–Crippen LogP) is 4.36. The number of benzene rings is 3. The van der Waals surface area contributed by atoms with Crippen molar-refractivity contribution < 1.29 is 25.2 Å². The molecule has 0 spiro atoms. The summed E-state index contributed by atoms with van der Waals surface area (Å²) >= 11 is 0. The number of carbonyl (C=O) groups excluding carboxylic acids is 1. The molecule has 0 unspecified atom stereocenters. The topological polar surface area (TPSA) is 149 Å². The minimum Gasteiger partial charge on any atom is -0.508 e. The van der Waals surface area contributed by atoms with Crippen LogP contribution in [0.1, 0.15) is 23.7 Å². The highest BCUT2D eigenvalue weighted by Gasteiger charge is 2.16. The molecule has 0 aliphatic heterocycles. The average Bonchev–Trinajstić information content (AvgIpc) is 2.79. The summed E-state index contributed by atoms with van der Waals surface area (Å²) < 4.78 is 0. The van der Waals surface area contributed by atoms with Crippen LogP contribution in [0.2, 0.25) is 0 Å². The molecule has 5 N–H and O–H groups in total. The molecule has 0 saturated heterocycles. The van der Waals surface area contributed by atoms with Gasteiger partial charge in [-0.2, -0.15) is 9.97 Å². The van der Waals surface area contributed by atoms with E-state index in [2.05, 4.69) is 20.3 Å². The van der Waals surface area contributed by atoms with E-state index in [1.54, 1.807) is 31.2 Å². The van der Waals surface area contributed by atoms with E-state index < -0.39 is 0 Å². The molecule has 0 atom stereocenters. The van der Waals surface area contributed by atoms with Gasteiger partial charge in [-0.15, -0.1) is 0 Å². The van der Waals surface area contributed by atoms with Crippen molar-refractivity contribution in [2.45, 2.75) is 13.3 Å². The van der Waals surface area contributed by atoms with Crippen molar-refractivity contribution in [3.05, 3.63) is 66.2 Å². The van der Waals surface area contributed by atoms with Gasteiger partial charge in [0.1, 0.15) is 23.0 Å². The third kappa shape index (κ3) is 4.67. The monoisotopic (exact) mass is 444 g/mol. The Labute approximate surface area is 188 Å². The largest absolute Gasteiger partial charge is 0.508 e. The van der Waals surface area contributed by atoms with E-state index in [1.807, 2.05) is 0 Å². The molecule has 4 aromatic rings. The Hall–Kier alpha value is -4.66. The molecule has 9 heteroatoms. The van der Waals surface area contributed by atoms with Crippen LogP contribution in [0, 0.1) is 0 Å². The molecule has 1 aromatic heterocycles. The van der Waals surface area contributed by atoms with Crippen LogP contribution < -0.4 is 5.32 Å². The van der Waals surface area contributed by atoms with Crippen molar-refractivity contribution >= 4 is 17.4 Å². The zero-order chi connectivity index (χ0) is 23.5. The summed E-state index contributed by atoms with van der Waals surface area (Å²) in [4.78, 5) is 24.9. The Balaban J connectivity index is 1.79. The molecule has 33 heavy (non-hydrogen) atoms. The number of anilines is 2. The fourth-order valence-corrected chi connectivity index (χ4v) is 3.16. The lowest BCUT2D eigenvalue weighted by molar-refractivity contribution is 0.0988. The number of hydrogen-bond donors (Lipinski definition) is 5. The van der Waals surface area contributed by atoms with Crippen LogP contribution >= 0.6 is 0 Å². The molecule has 0 aliphatic carbocycles. The van der Waals surface area contributed by atoms with Crippen molar-refractivity contribution in [2.75, 3.05) is 5.32 Å². The minimum absolute atomic E-state index is 0.0249. The third-order valence-corrected chi connectivity index (χ3v) is 4.86. The molecule has 0 radical (unpaired) electrons. The highest BCUT2D eigenvalue weighted by molar-refractivity contribution is 5.96. The van der Waals surface area contributed by atoms with Crippen molar-refractivity contribution in [1.82, 2.24) is 15.0 Å². The number of ketones is 1. The Morgan fingerprint density at radius 2 is 1.27 bits per heavy atom. The highest BCUT2D eigenvalue weighted by Crippen LogP contribution is 2.34. The lowest BCUT2D eigenvalue weighted by Crippen LogP contribution is -2.04. The van der Waals surface area contributed by atoms with E-state index in [9.17, 15) is 25.2 Å². The summed E-state index contributed by atoms with van der Waals surface area (Å²) in [6, 6.07) is 14.8. The van der Waals surface area contributed by atoms with Crippen LogP contribution in [-0.4, -0.2) is 41.2 Å². The third-order valence-electron chi connectivity index (χ3n) is 4.86. The molecule has 4 rings (SSSR count). The molecule has 0 bridgehead atoms. The molecule has 0 fully saturated rings. The molecule has 1 heterocycles. The van der Waals surface area contributed by atoms with Crippen LogP contribution in [0.4, 0.5) is 11.6 Å². The fourth-order valence-electron chi connectivity index (χ4n) is 3.16. The van der Waals surface area contributed by atoms with E-state index in [0.717, 1.165) is 12.1 Å². The number of phenolic OH excluding ortho intramolecular Hbond substituents is 4. The van der Waals surface area contributed by atoms with E-state index in [-0.39, 0.29) is 57.5 Å². The Morgan fingerprint density at radius 3 is 1.73 bits per heavy atom. The number of hydrogen-bond acceptors (Lipinski definition) is 9. The van der Waals surface area contributed by atoms with Gasteiger partial charge in [0.05, 0.1) is 11.1 Å². The van der Waals surface area contributed by atoms with Crippen LogP contribution in [0.25, 0.3) is 22.8 Å². The van der Waals surface area contributed by atoms with Crippen molar-refractivity contribution in [3.63, 3.8) is 0 Å². The molecule has 0 saturated carbocycles. The van der Waals surface area contributed by atoms with Crippen LogP contribution in [0.3, 0.4) is 0 Å². The lowest BCUT2D eigenvalue weighted by Gasteiger charge is -2.11. The van der Waals surface area contributed by atoms with Gasteiger partial charge in [0.25, 0.3) is 0 Å². The first-order valence-corrected chi connectivity index (χ1v) is 10.0. The van der Waals surface area contributed by atoms with E-state index >= 15 is 0 Å². The van der Waals surface area contributed by atoms with Gasteiger partial charge in [-0.25, -0.2) is 4.98 Å². The number of nitrogens with zero attached hydrogens (tertiary/aromatic N) is 3. The summed E-state index contributed by atoms with van der Waals surface area (Å²) in [6.07, 6.45) is 0.402. The van der Waals surface area contributed by atoms with E-state index in [0.29, 0.717) is 17.7 Å². The van der Waals surface area contributed by atoms with Gasteiger partial charge in [-0.05, 0) is 48.5 Å². The van der Waals surface area contributed by atoms with Crippen molar-refractivity contribution in [2.24, 2.45) is 0 Å². The maximum Gasteiger partial charge on any atom is 0.231 e. The molecule has 166 valence electrons. The van der Waals surface area contributed by atoms with Gasteiger partial charge >= 0.3 is 0 Å². The first-order valence-electron chi connectivity index (χ1n) is 10.0. The lowest BCUT2D eigenvalue weighted by atomic mass is 10.1. The number of rotatable bonds is 6. The Kier molecular flexibility index (Phi) is 5.77. The number of carbonyl (C=O) groups is 1. The second-order valence-corrected chi connectivity index (χ2v) is 7.19. The van der Waals surface area contributed by atoms with Gasteiger partial charge in [-0.1, -0.05) is 6.92 Å². The van der Waals surface area contributed by atoms with Gasteiger partial charge in [0.2, 0.25) is 5.95 Å².